The molecule has 11 heteroatoms. The van der Waals surface area contributed by atoms with Gasteiger partial charge in [-0.1, -0.05) is 12.1 Å². The number of methoxy groups -OCH3 is 1. The second-order valence-electron chi connectivity index (χ2n) is 9.19. The van der Waals surface area contributed by atoms with Crippen LogP contribution >= 0.6 is 11.3 Å². The Labute approximate surface area is 223 Å². The van der Waals surface area contributed by atoms with Crippen molar-refractivity contribution < 1.29 is 24.3 Å². The second kappa shape index (κ2) is 11.0. The topological polar surface area (TPSA) is 127 Å². The Morgan fingerprint density at radius 2 is 1.89 bits per heavy atom. The minimum atomic E-state index is -0.548. The van der Waals surface area contributed by atoms with E-state index in [1.807, 2.05) is 35.0 Å². The van der Waals surface area contributed by atoms with Gasteiger partial charge in [0.1, 0.15) is 16.3 Å². The largest absolute Gasteiger partial charge is 0.383 e. The standard InChI is InChI=1S/C27H29N5O5S/c1-17-23(32-11-7-19(15-22(32)29-17)24(33)28-10-14-36-2)21-16-38-26(30-21)27(8-12-37-13-9-27)20-5-3-18(4-6-20)25(34)31-35/h3-7,11,15-16,35H,8-10,12-14H2,1-2H3,(H,28,33)(H,31,34). The Morgan fingerprint density at radius 1 is 1.13 bits per heavy atom. The first-order valence-corrected chi connectivity index (χ1v) is 13.2. The third-order valence-electron chi connectivity index (χ3n) is 6.96. The van der Waals surface area contributed by atoms with Crippen molar-refractivity contribution in [1.29, 1.82) is 0 Å². The van der Waals surface area contributed by atoms with E-state index >= 15 is 0 Å². The van der Waals surface area contributed by atoms with Crippen LogP contribution < -0.4 is 10.8 Å². The van der Waals surface area contributed by atoms with Gasteiger partial charge < -0.3 is 14.8 Å². The highest BCUT2D eigenvalue weighted by Gasteiger charge is 2.39. The summed E-state index contributed by atoms with van der Waals surface area (Å²) < 4.78 is 12.6. The van der Waals surface area contributed by atoms with Crippen LogP contribution in [0.1, 0.15) is 49.8 Å². The molecule has 4 aromatic rings. The number of aromatic nitrogens is 3. The SMILES string of the molecule is COCCNC(=O)c1ccn2c(-c3csc(C4(c5ccc(C(=O)NO)cc5)CCOCC4)n3)c(C)nc2c1. The first kappa shape index (κ1) is 26.0. The number of hydrogen-bond donors (Lipinski definition) is 3. The van der Waals surface area contributed by atoms with Crippen molar-refractivity contribution in [2.45, 2.75) is 25.2 Å². The highest BCUT2D eigenvalue weighted by Crippen LogP contribution is 2.44. The number of thiazole rings is 1. The van der Waals surface area contributed by atoms with Crippen LogP contribution in [0.2, 0.25) is 0 Å². The molecule has 3 aromatic heterocycles. The van der Waals surface area contributed by atoms with Crippen LogP contribution in [-0.2, 0) is 14.9 Å². The Bertz CT molecular complexity index is 1460. The van der Waals surface area contributed by atoms with E-state index in [0.717, 1.165) is 40.5 Å². The number of carbonyl (C=O) groups excluding carboxylic acids is 2. The summed E-state index contributed by atoms with van der Waals surface area (Å²) in [5.41, 5.74) is 6.47. The number of ether oxygens (including phenoxy) is 2. The van der Waals surface area contributed by atoms with Crippen molar-refractivity contribution in [2.75, 3.05) is 33.5 Å². The molecule has 1 saturated heterocycles. The lowest BCUT2D eigenvalue weighted by molar-refractivity contribution is 0.0629. The molecular weight excluding hydrogens is 506 g/mol. The number of imidazole rings is 1. The van der Waals surface area contributed by atoms with E-state index in [2.05, 4.69) is 5.32 Å². The molecule has 0 saturated carbocycles. The number of amides is 2. The number of aryl methyl sites for hydroxylation is 1. The van der Waals surface area contributed by atoms with Gasteiger partial charge in [-0.3, -0.25) is 19.2 Å². The normalized spacial score (nSPS) is 14.9. The van der Waals surface area contributed by atoms with Crippen molar-refractivity contribution in [3.8, 4) is 11.4 Å². The van der Waals surface area contributed by atoms with E-state index in [0.29, 0.717) is 43.1 Å². The average molecular weight is 536 g/mol. The van der Waals surface area contributed by atoms with Gasteiger partial charge in [0.05, 0.1) is 23.4 Å². The molecule has 198 valence electrons. The van der Waals surface area contributed by atoms with E-state index < -0.39 is 5.91 Å². The van der Waals surface area contributed by atoms with Crippen LogP contribution in [0.25, 0.3) is 17.0 Å². The summed E-state index contributed by atoms with van der Waals surface area (Å²) in [6.07, 6.45) is 3.38. The van der Waals surface area contributed by atoms with Gasteiger partial charge >= 0.3 is 0 Å². The van der Waals surface area contributed by atoms with Crippen LogP contribution in [0, 0.1) is 6.92 Å². The van der Waals surface area contributed by atoms with Crippen molar-refractivity contribution >= 4 is 28.8 Å². The number of hydroxylamine groups is 1. The van der Waals surface area contributed by atoms with Gasteiger partial charge in [-0.05, 0) is 49.6 Å². The predicted molar refractivity (Wildman–Crippen MR) is 142 cm³/mol. The molecule has 1 aliphatic heterocycles. The number of pyridine rings is 1. The third-order valence-corrected chi connectivity index (χ3v) is 8.00. The van der Waals surface area contributed by atoms with Gasteiger partial charge in [0.15, 0.2) is 0 Å². The zero-order valence-corrected chi connectivity index (χ0v) is 22.0. The molecule has 1 aliphatic rings. The summed E-state index contributed by atoms with van der Waals surface area (Å²) >= 11 is 1.60. The van der Waals surface area contributed by atoms with Gasteiger partial charge in [0.25, 0.3) is 11.8 Å². The molecule has 0 unspecified atom stereocenters. The molecule has 38 heavy (non-hydrogen) atoms. The Hall–Kier alpha value is -3.64. The summed E-state index contributed by atoms with van der Waals surface area (Å²) in [4.78, 5) is 34.1. The fraction of sp³-hybridized carbons (Fsp3) is 0.333. The molecule has 3 N–H and O–H groups in total. The fourth-order valence-corrected chi connectivity index (χ4v) is 6.02. The number of benzene rings is 1. The lowest BCUT2D eigenvalue weighted by Crippen LogP contribution is -2.35. The van der Waals surface area contributed by atoms with Crippen LogP contribution in [0.15, 0.2) is 48.0 Å². The Kier molecular flexibility index (Phi) is 7.52. The lowest BCUT2D eigenvalue weighted by atomic mass is 9.74. The number of nitrogens with zero attached hydrogens (tertiary/aromatic N) is 3. The van der Waals surface area contributed by atoms with Crippen molar-refractivity contribution in [3.05, 3.63) is 75.4 Å². The van der Waals surface area contributed by atoms with Gasteiger partial charge in [-0.2, -0.15) is 0 Å². The van der Waals surface area contributed by atoms with Crippen molar-refractivity contribution in [1.82, 2.24) is 25.2 Å². The molecule has 1 aromatic carbocycles. The molecular formula is C27H29N5O5S. The highest BCUT2D eigenvalue weighted by molar-refractivity contribution is 7.10. The Morgan fingerprint density at radius 3 is 2.61 bits per heavy atom. The molecule has 0 spiro atoms. The summed E-state index contributed by atoms with van der Waals surface area (Å²) in [7, 11) is 1.59. The summed E-state index contributed by atoms with van der Waals surface area (Å²) in [5, 5.41) is 14.8. The molecule has 2 amide bonds. The fourth-order valence-electron chi connectivity index (χ4n) is 4.93. The molecule has 0 atom stereocenters. The summed E-state index contributed by atoms with van der Waals surface area (Å²) in [6, 6.07) is 10.8. The van der Waals surface area contributed by atoms with Crippen molar-refractivity contribution in [3.63, 3.8) is 0 Å². The van der Waals surface area contributed by atoms with Gasteiger partial charge in [-0.15, -0.1) is 11.3 Å². The minimum Gasteiger partial charge on any atom is -0.383 e. The maximum absolute atomic E-state index is 12.5. The molecule has 10 nitrogen and oxygen atoms in total. The number of rotatable bonds is 8. The molecule has 0 bridgehead atoms. The van der Waals surface area contributed by atoms with E-state index in [1.165, 1.54) is 0 Å². The van der Waals surface area contributed by atoms with Crippen LogP contribution in [0.5, 0.6) is 0 Å². The minimum absolute atomic E-state index is 0.174. The monoisotopic (exact) mass is 535 g/mol. The molecule has 0 radical (unpaired) electrons. The van der Waals surface area contributed by atoms with Crippen LogP contribution in [-0.4, -0.2) is 64.9 Å². The highest BCUT2D eigenvalue weighted by atomic mass is 32.1. The molecule has 1 fully saturated rings. The molecule has 5 rings (SSSR count). The van der Waals surface area contributed by atoms with E-state index in [9.17, 15) is 9.59 Å². The maximum Gasteiger partial charge on any atom is 0.274 e. The zero-order chi connectivity index (χ0) is 26.7. The zero-order valence-electron chi connectivity index (χ0n) is 21.2. The maximum atomic E-state index is 12.5. The quantitative estimate of drug-likeness (QED) is 0.179. The lowest BCUT2D eigenvalue weighted by Gasteiger charge is -2.36. The number of carbonyl (C=O) groups is 2. The van der Waals surface area contributed by atoms with E-state index in [-0.39, 0.29) is 11.3 Å². The van der Waals surface area contributed by atoms with Crippen LogP contribution in [0.4, 0.5) is 0 Å². The number of nitrogens with one attached hydrogen (secondary N) is 2. The van der Waals surface area contributed by atoms with Gasteiger partial charge in [0.2, 0.25) is 0 Å². The average Bonchev–Trinajstić information content (AvgIpc) is 3.56. The second-order valence-corrected chi connectivity index (χ2v) is 10.0. The van der Waals surface area contributed by atoms with Crippen LogP contribution in [0.3, 0.4) is 0 Å². The molecule has 4 heterocycles. The Balaban J connectivity index is 1.49. The van der Waals surface area contributed by atoms with Gasteiger partial charge in [-0.25, -0.2) is 15.4 Å². The van der Waals surface area contributed by atoms with E-state index in [1.54, 1.807) is 48.2 Å². The summed E-state index contributed by atoms with van der Waals surface area (Å²) in [6.45, 7) is 4.04. The number of hydrogen-bond acceptors (Lipinski definition) is 8. The predicted octanol–water partition coefficient (Wildman–Crippen LogP) is 3.36. The number of fused-ring (bicyclic) bond motifs is 1. The first-order valence-electron chi connectivity index (χ1n) is 12.3. The smallest absolute Gasteiger partial charge is 0.274 e. The third kappa shape index (κ3) is 4.81. The summed E-state index contributed by atoms with van der Waals surface area (Å²) in [5.74, 6) is -0.723. The molecule has 0 aliphatic carbocycles. The van der Waals surface area contributed by atoms with E-state index in [4.69, 9.17) is 24.6 Å². The first-order chi connectivity index (χ1) is 18.5. The van der Waals surface area contributed by atoms with Gasteiger partial charge in [0, 0.05) is 49.6 Å². The van der Waals surface area contributed by atoms with Crippen molar-refractivity contribution in [2.24, 2.45) is 0 Å².